The van der Waals surface area contributed by atoms with Gasteiger partial charge in [0.1, 0.15) is 0 Å². The maximum absolute atomic E-state index is 13.5. The lowest BCUT2D eigenvalue weighted by molar-refractivity contribution is -0.129. The van der Waals surface area contributed by atoms with Crippen molar-refractivity contribution in [3.05, 3.63) is 57.6 Å². The number of methoxy groups -OCH3 is 1. The van der Waals surface area contributed by atoms with Gasteiger partial charge < -0.3 is 19.7 Å². The lowest BCUT2D eigenvalue weighted by Crippen LogP contribution is -2.48. The van der Waals surface area contributed by atoms with Crippen molar-refractivity contribution in [1.82, 2.24) is 10.2 Å². The van der Waals surface area contributed by atoms with Crippen molar-refractivity contribution in [2.75, 3.05) is 26.8 Å². The number of carbonyl (C=O) groups excluding carboxylic acids is 2. The largest absolute Gasteiger partial charge is 0.493 e. The zero-order valence-electron chi connectivity index (χ0n) is 21.4. The summed E-state index contributed by atoms with van der Waals surface area (Å²) < 4.78 is 11.0. The lowest BCUT2D eigenvalue weighted by atomic mass is 9.77. The van der Waals surface area contributed by atoms with Gasteiger partial charge in [0, 0.05) is 25.0 Å². The number of hydrogen-bond acceptors (Lipinski definition) is 4. The number of amides is 2. The Kier molecular flexibility index (Phi) is 7.60. The Hall–Kier alpha value is -2.44. The average Bonchev–Trinajstić information content (AvgIpc) is 3.58. The van der Waals surface area contributed by atoms with E-state index in [2.05, 4.69) is 5.32 Å². The fraction of sp³-hybridized carbons (Fsp3) is 0.517. The molecule has 6 nitrogen and oxygen atoms in total. The maximum Gasteiger partial charge on any atom is 0.230 e. The van der Waals surface area contributed by atoms with E-state index in [1.54, 1.807) is 13.2 Å². The second-order valence-corrected chi connectivity index (χ2v) is 11.4. The van der Waals surface area contributed by atoms with E-state index in [1.807, 2.05) is 42.2 Å². The van der Waals surface area contributed by atoms with Crippen molar-refractivity contribution in [2.45, 2.75) is 56.9 Å². The quantitative estimate of drug-likeness (QED) is 0.481. The highest BCUT2D eigenvalue weighted by Crippen LogP contribution is 2.50. The molecule has 2 aromatic rings. The molecule has 0 aromatic heterocycles. The molecule has 0 bridgehead atoms. The number of fused-ring (bicyclic) bond motifs is 1. The number of hydrogen-bond donors (Lipinski definition) is 1. The molecule has 2 amide bonds. The molecule has 0 radical (unpaired) electrons. The summed E-state index contributed by atoms with van der Waals surface area (Å²) in [5.41, 5.74) is 1.32. The third-order valence-electron chi connectivity index (χ3n) is 8.31. The smallest absolute Gasteiger partial charge is 0.230 e. The van der Waals surface area contributed by atoms with Crippen LogP contribution in [0.2, 0.25) is 10.0 Å². The van der Waals surface area contributed by atoms with Gasteiger partial charge in [0.05, 0.1) is 35.6 Å². The number of ether oxygens (including phenoxy) is 2. The molecular formula is C29H34Cl2N2O4. The molecule has 3 aliphatic rings. The molecule has 5 rings (SSSR count). The Bertz CT molecular complexity index is 1180. The minimum atomic E-state index is -0.512. The third kappa shape index (κ3) is 5.28. The maximum atomic E-state index is 13.5. The molecule has 37 heavy (non-hydrogen) atoms. The van der Waals surface area contributed by atoms with Crippen LogP contribution in [0.3, 0.4) is 0 Å². The first-order valence-corrected chi connectivity index (χ1v) is 13.9. The van der Waals surface area contributed by atoms with Gasteiger partial charge in [-0.1, -0.05) is 41.8 Å². The van der Waals surface area contributed by atoms with Crippen LogP contribution in [0.1, 0.15) is 50.2 Å². The van der Waals surface area contributed by atoms with Crippen LogP contribution in [0.25, 0.3) is 0 Å². The third-order valence-corrected chi connectivity index (χ3v) is 9.05. The topological polar surface area (TPSA) is 67.9 Å². The number of benzene rings is 2. The van der Waals surface area contributed by atoms with Gasteiger partial charge in [-0.25, -0.2) is 0 Å². The van der Waals surface area contributed by atoms with Crippen LogP contribution in [-0.4, -0.2) is 49.6 Å². The fourth-order valence-electron chi connectivity index (χ4n) is 6.11. The Morgan fingerprint density at radius 1 is 1.05 bits per heavy atom. The zero-order valence-corrected chi connectivity index (χ0v) is 22.9. The summed E-state index contributed by atoms with van der Waals surface area (Å²) in [7, 11) is 1.61. The summed E-state index contributed by atoms with van der Waals surface area (Å²) in [6.07, 6.45) is 5.04. The number of carbonyl (C=O) groups is 2. The first kappa shape index (κ1) is 26.2. The van der Waals surface area contributed by atoms with Crippen molar-refractivity contribution < 1.29 is 19.1 Å². The van der Waals surface area contributed by atoms with Crippen molar-refractivity contribution in [3.63, 3.8) is 0 Å². The van der Waals surface area contributed by atoms with E-state index in [0.29, 0.717) is 47.0 Å². The van der Waals surface area contributed by atoms with Crippen LogP contribution in [-0.2, 0) is 21.4 Å². The minimum absolute atomic E-state index is 0.0720. The van der Waals surface area contributed by atoms with Crippen molar-refractivity contribution >= 4 is 35.0 Å². The number of likely N-dealkylation sites (tertiary alicyclic amines) is 1. The second-order valence-electron chi connectivity index (χ2n) is 10.5. The summed E-state index contributed by atoms with van der Waals surface area (Å²) in [5.74, 6) is 2.20. The van der Waals surface area contributed by atoms with E-state index in [4.69, 9.17) is 32.7 Å². The van der Waals surface area contributed by atoms with E-state index in [0.717, 1.165) is 49.8 Å². The van der Waals surface area contributed by atoms with Crippen LogP contribution >= 0.6 is 23.2 Å². The molecule has 0 spiro atoms. The van der Waals surface area contributed by atoms with Gasteiger partial charge in [-0.05, 0) is 73.9 Å². The number of nitrogens with zero attached hydrogens (tertiary/aromatic N) is 1. The second kappa shape index (κ2) is 10.7. The lowest BCUT2D eigenvalue weighted by Gasteiger charge is -2.34. The Morgan fingerprint density at radius 2 is 1.86 bits per heavy atom. The first-order valence-electron chi connectivity index (χ1n) is 13.2. The van der Waals surface area contributed by atoms with E-state index in [1.165, 1.54) is 0 Å². The van der Waals surface area contributed by atoms with Gasteiger partial charge in [0.15, 0.2) is 11.5 Å². The SMILES string of the molecule is CCOc1ccc(CC(=O)N2C[C@H]3CCC[C@@H](NC(=O)C4(c5ccc(Cl)c(Cl)c5)CC4)[C@H]3C2)cc1OC. The van der Waals surface area contributed by atoms with Gasteiger partial charge in [-0.3, -0.25) is 9.59 Å². The van der Waals surface area contributed by atoms with E-state index in [9.17, 15) is 9.59 Å². The van der Waals surface area contributed by atoms with Crippen LogP contribution in [0.15, 0.2) is 36.4 Å². The van der Waals surface area contributed by atoms with Crippen LogP contribution in [0.4, 0.5) is 0 Å². The zero-order chi connectivity index (χ0) is 26.2. The Balaban J connectivity index is 1.23. The van der Waals surface area contributed by atoms with Crippen LogP contribution in [0, 0.1) is 11.8 Å². The average molecular weight is 546 g/mol. The summed E-state index contributed by atoms with van der Waals surface area (Å²) in [5, 5.41) is 4.36. The molecule has 2 aliphatic carbocycles. The highest BCUT2D eigenvalue weighted by atomic mass is 35.5. The molecule has 1 saturated heterocycles. The molecule has 1 aliphatic heterocycles. The molecule has 1 heterocycles. The molecule has 3 atom stereocenters. The van der Waals surface area contributed by atoms with Gasteiger partial charge in [-0.15, -0.1) is 0 Å². The standard InChI is InChI=1S/C29H34Cl2N2O4/c1-3-37-25-10-7-18(13-26(25)36-2)14-27(34)33-16-19-5-4-6-24(21(19)17-33)32-28(35)29(11-12-29)20-8-9-22(30)23(31)15-20/h7-10,13,15,19,21,24H,3-6,11-12,14,16-17H2,1-2H3,(H,32,35)/t19-,21+,24-/m1/s1. The molecular weight excluding hydrogens is 511 g/mol. The van der Waals surface area contributed by atoms with Gasteiger partial charge in [-0.2, -0.15) is 0 Å². The minimum Gasteiger partial charge on any atom is -0.493 e. The number of halogens is 2. The van der Waals surface area contributed by atoms with Gasteiger partial charge in [0.25, 0.3) is 0 Å². The Labute approximate surface area is 228 Å². The Morgan fingerprint density at radius 3 is 2.57 bits per heavy atom. The molecule has 2 saturated carbocycles. The first-order chi connectivity index (χ1) is 17.8. The van der Waals surface area contributed by atoms with E-state index < -0.39 is 5.41 Å². The molecule has 2 aromatic carbocycles. The van der Waals surface area contributed by atoms with Crippen molar-refractivity contribution in [3.8, 4) is 11.5 Å². The molecule has 1 N–H and O–H groups in total. The fourth-order valence-corrected chi connectivity index (χ4v) is 6.41. The summed E-state index contributed by atoms with van der Waals surface area (Å²) in [6.45, 7) is 3.92. The van der Waals surface area contributed by atoms with Crippen molar-refractivity contribution in [1.29, 1.82) is 0 Å². The van der Waals surface area contributed by atoms with Crippen molar-refractivity contribution in [2.24, 2.45) is 11.8 Å². The summed E-state index contributed by atoms with van der Waals surface area (Å²) in [6, 6.07) is 11.3. The highest BCUT2D eigenvalue weighted by molar-refractivity contribution is 6.42. The monoisotopic (exact) mass is 544 g/mol. The van der Waals surface area contributed by atoms with E-state index >= 15 is 0 Å². The predicted molar refractivity (Wildman–Crippen MR) is 145 cm³/mol. The molecule has 8 heteroatoms. The molecule has 3 fully saturated rings. The van der Waals surface area contributed by atoms with E-state index in [-0.39, 0.29) is 23.8 Å². The predicted octanol–water partition coefficient (Wildman–Crippen LogP) is 5.42. The highest BCUT2D eigenvalue weighted by Gasteiger charge is 2.53. The van der Waals surface area contributed by atoms with Crippen LogP contribution in [0.5, 0.6) is 11.5 Å². The number of rotatable bonds is 8. The molecule has 198 valence electrons. The summed E-state index contributed by atoms with van der Waals surface area (Å²) >= 11 is 12.3. The molecule has 0 unspecified atom stereocenters. The van der Waals surface area contributed by atoms with Gasteiger partial charge in [0.2, 0.25) is 11.8 Å². The summed E-state index contributed by atoms with van der Waals surface area (Å²) in [4.78, 5) is 28.7. The number of nitrogens with one attached hydrogen (secondary N) is 1. The van der Waals surface area contributed by atoms with Gasteiger partial charge >= 0.3 is 0 Å². The van der Waals surface area contributed by atoms with Crippen LogP contribution < -0.4 is 14.8 Å². The normalized spacial score (nSPS) is 23.8.